The smallest absolute Gasteiger partial charge is 0.129 e. The van der Waals surface area contributed by atoms with Crippen molar-refractivity contribution in [3.63, 3.8) is 0 Å². The average molecular weight is 282 g/mol. The number of anilines is 1. The number of pyridine rings is 1. The number of halogens is 1. The Bertz CT molecular complexity index is 408. The molecular formula is C15H24ClN3. The number of hydrogen-bond donors (Lipinski definition) is 1. The largest absolute Gasteiger partial charge is 0.354 e. The highest BCUT2D eigenvalue weighted by Gasteiger charge is 2.19. The van der Waals surface area contributed by atoms with Gasteiger partial charge in [-0.05, 0) is 38.4 Å². The first-order valence-electron chi connectivity index (χ1n) is 7.35. The summed E-state index contributed by atoms with van der Waals surface area (Å²) in [5, 5.41) is 4.05. The van der Waals surface area contributed by atoms with E-state index in [-0.39, 0.29) is 0 Å². The maximum Gasteiger partial charge on any atom is 0.129 e. The minimum atomic E-state index is 0.572. The van der Waals surface area contributed by atoms with Crippen molar-refractivity contribution >= 4 is 17.4 Å². The van der Waals surface area contributed by atoms with E-state index in [0.717, 1.165) is 36.2 Å². The SMILES string of the molecule is CCNCc1nc(N2CCCCCC2C)ccc1Cl. The molecule has 1 N–H and O–H groups in total. The Hall–Kier alpha value is -0.800. The van der Waals surface area contributed by atoms with Gasteiger partial charge in [-0.15, -0.1) is 0 Å². The molecule has 1 aliphatic heterocycles. The monoisotopic (exact) mass is 281 g/mol. The molecule has 0 amide bonds. The Morgan fingerprint density at radius 1 is 1.37 bits per heavy atom. The summed E-state index contributed by atoms with van der Waals surface area (Å²) >= 11 is 6.22. The second-order valence-electron chi connectivity index (χ2n) is 5.27. The number of nitrogens with zero attached hydrogens (tertiary/aromatic N) is 2. The summed E-state index contributed by atoms with van der Waals surface area (Å²) in [5.74, 6) is 1.08. The fraction of sp³-hybridized carbons (Fsp3) is 0.667. The third kappa shape index (κ3) is 3.83. The van der Waals surface area contributed by atoms with Crippen LogP contribution in [0.15, 0.2) is 12.1 Å². The third-order valence-corrected chi connectivity index (χ3v) is 4.14. The lowest BCUT2D eigenvalue weighted by Crippen LogP contribution is -2.33. The van der Waals surface area contributed by atoms with Gasteiger partial charge in [-0.1, -0.05) is 31.4 Å². The van der Waals surface area contributed by atoms with Gasteiger partial charge < -0.3 is 10.2 Å². The first-order chi connectivity index (χ1) is 9.22. The van der Waals surface area contributed by atoms with Crippen molar-refractivity contribution < 1.29 is 0 Å². The summed E-state index contributed by atoms with van der Waals surface area (Å²) in [4.78, 5) is 7.19. The van der Waals surface area contributed by atoms with Crippen LogP contribution in [-0.2, 0) is 6.54 Å². The summed E-state index contributed by atoms with van der Waals surface area (Å²) in [6.45, 7) is 7.17. The van der Waals surface area contributed by atoms with Gasteiger partial charge in [0.1, 0.15) is 5.82 Å². The van der Waals surface area contributed by atoms with Crippen LogP contribution in [0.25, 0.3) is 0 Å². The second-order valence-corrected chi connectivity index (χ2v) is 5.68. The molecule has 1 aromatic rings. The minimum Gasteiger partial charge on any atom is -0.354 e. The molecule has 4 heteroatoms. The van der Waals surface area contributed by atoms with Crippen LogP contribution in [-0.4, -0.2) is 24.1 Å². The molecular weight excluding hydrogens is 258 g/mol. The number of rotatable bonds is 4. The minimum absolute atomic E-state index is 0.572. The summed E-state index contributed by atoms with van der Waals surface area (Å²) in [6.07, 6.45) is 5.18. The molecule has 1 aromatic heterocycles. The van der Waals surface area contributed by atoms with Crippen LogP contribution in [0.4, 0.5) is 5.82 Å². The van der Waals surface area contributed by atoms with Crippen LogP contribution in [0.2, 0.25) is 5.02 Å². The van der Waals surface area contributed by atoms with Gasteiger partial charge in [-0.2, -0.15) is 0 Å². The standard InChI is InChI=1S/C15H24ClN3/c1-3-17-11-14-13(16)8-9-15(18-14)19-10-6-4-5-7-12(19)2/h8-9,12,17H,3-7,10-11H2,1-2H3. The molecule has 1 fully saturated rings. The van der Waals surface area contributed by atoms with E-state index in [1.807, 2.05) is 6.07 Å². The van der Waals surface area contributed by atoms with Crippen LogP contribution >= 0.6 is 11.6 Å². The van der Waals surface area contributed by atoms with E-state index in [4.69, 9.17) is 16.6 Å². The van der Waals surface area contributed by atoms with Gasteiger partial charge in [0.15, 0.2) is 0 Å². The topological polar surface area (TPSA) is 28.2 Å². The lowest BCUT2D eigenvalue weighted by molar-refractivity contribution is 0.609. The highest BCUT2D eigenvalue weighted by molar-refractivity contribution is 6.31. The van der Waals surface area contributed by atoms with Crippen molar-refractivity contribution in [2.24, 2.45) is 0 Å². The van der Waals surface area contributed by atoms with Crippen molar-refractivity contribution in [2.45, 2.75) is 52.1 Å². The summed E-state index contributed by atoms with van der Waals surface area (Å²) in [6, 6.07) is 4.61. The predicted octanol–water partition coefficient (Wildman–Crippen LogP) is 3.61. The zero-order valence-corrected chi connectivity index (χ0v) is 12.7. The van der Waals surface area contributed by atoms with Crippen molar-refractivity contribution in [1.29, 1.82) is 0 Å². The molecule has 0 bridgehead atoms. The molecule has 2 heterocycles. The van der Waals surface area contributed by atoms with Gasteiger partial charge in [0.05, 0.1) is 10.7 Å². The van der Waals surface area contributed by atoms with E-state index in [2.05, 4.69) is 30.1 Å². The Balaban J connectivity index is 2.18. The maximum absolute atomic E-state index is 6.22. The van der Waals surface area contributed by atoms with Crippen LogP contribution in [0.3, 0.4) is 0 Å². The molecule has 106 valence electrons. The maximum atomic E-state index is 6.22. The Labute approximate surface area is 121 Å². The van der Waals surface area contributed by atoms with Crippen molar-refractivity contribution in [2.75, 3.05) is 18.0 Å². The molecule has 3 nitrogen and oxygen atoms in total. The van der Waals surface area contributed by atoms with Gasteiger partial charge in [-0.25, -0.2) is 4.98 Å². The van der Waals surface area contributed by atoms with Crippen LogP contribution in [0, 0.1) is 0 Å². The van der Waals surface area contributed by atoms with Gasteiger partial charge >= 0.3 is 0 Å². The lowest BCUT2D eigenvalue weighted by atomic mass is 10.1. The molecule has 2 rings (SSSR count). The fourth-order valence-corrected chi connectivity index (χ4v) is 2.79. The van der Waals surface area contributed by atoms with Crippen molar-refractivity contribution in [3.8, 4) is 0 Å². The molecule has 0 radical (unpaired) electrons. The predicted molar refractivity (Wildman–Crippen MR) is 81.9 cm³/mol. The Morgan fingerprint density at radius 2 is 2.21 bits per heavy atom. The molecule has 1 aliphatic rings. The Morgan fingerprint density at radius 3 is 3.00 bits per heavy atom. The van der Waals surface area contributed by atoms with E-state index in [9.17, 15) is 0 Å². The van der Waals surface area contributed by atoms with Crippen molar-refractivity contribution in [3.05, 3.63) is 22.8 Å². The Kier molecular flexibility index (Phi) is 5.46. The van der Waals surface area contributed by atoms with Gasteiger partial charge in [0, 0.05) is 19.1 Å². The van der Waals surface area contributed by atoms with E-state index in [0.29, 0.717) is 6.04 Å². The number of aromatic nitrogens is 1. The average Bonchev–Trinajstić information content (AvgIpc) is 2.63. The van der Waals surface area contributed by atoms with Crippen LogP contribution < -0.4 is 10.2 Å². The third-order valence-electron chi connectivity index (χ3n) is 3.79. The molecule has 0 aromatic carbocycles. The molecule has 19 heavy (non-hydrogen) atoms. The summed E-state index contributed by atoms with van der Waals surface area (Å²) < 4.78 is 0. The van der Waals surface area contributed by atoms with E-state index in [1.54, 1.807) is 0 Å². The molecule has 1 atom stereocenters. The zero-order valence-electron chi connectivity index (χ0n) is 12.0. The quantitative estimate of drug-likeness (QED) is 0.914. The molecule has 0 saturated carbocycles. The number of nitrogens with one attached hydrogen (secondary N) is 1. The van der Waals surface area contributed by atoms with Gasteiger partial charge in [0.2, 0.25) is 0 Å². The molecule has 1 unspecified atom stereocenters. The van der Waals surface area contributed by atoms with Crippen molar-refractivity contribution in [1.82, 2.24) is 10.3 Å². The molecule has 0 aliphatic carbocycles. The fourth-order valence-electron chi connectivity index (χ4n) is 2.62. The van der Waals surface area contributed by atoms with Crippen LogP contribution in [0.1, 0.15) is 45.2 Å². The second kappa shape index (κ2) is 7.11. The van der Waals surface area contributed by atoms with E-state index >= 15 is 0 Å². The summed E-state index contributed by atoms with van der Waals surface area (Å²) in [7, 11) is 0. The van der Waals surface area contributed by atoms with E-state index < -0.39 is 0 Å². The molecule has 0 spiro atoms. The van der Waals surface area contributed by atoms with Gasteiger partial charge in [-0.3, -0.25) is 0 Å². The zero-order chi connectivity index (χ0) is 13.7. The van der Waals surface area contributed by atoms with Gasteiger partial charge in [0.25, 0.3) is 0 Å². The number of hydrogen-bond acceptors (Lipinski definition) is 3. The van der Waals surface area contributed by atoms with E-state index in [1.165, 1.54) is 25.7 Å². The summed E-state index contributed by atoms with van der Waals surface area (Å²) in [5.41, 5.74) is 0.956. The molecule has 1 saturated heterocycles. The highest BCUT2D eigenvalue weighted by atomic mass is 35.5. The van der Waals surface area contributed by atoms with Crippen LogP contribution in [0.5, 0.6) is 0 Å². The highest BCUT2D eigenvalue weighted by Crippen LogP contribution is 2.25. The lowest BCUT2D eigenvalue weighted by Gasteiger charge is -2.28. The first kappa shape index (κ1) is 14.6. The normalized spacial score (nSPS) is 20.4. The first-order valence-corrected chi connectivity index (χ1v) is 7.73.